The second-order valence-electron chi connectivity index (χ2n) is 5.92. The number of nitrogens with zero attached hydrogens (tertiary/aromatic N) is 2. The van der Waals surface area contributed by atoms with Gasteiger partial charge >= 0.3 is 0 Å². The summed E-state index contributed by atoms with van der Waals surface area (Å²) in [6, 6.07) is 1.97. The Morgan fingerprint density at radius 2 is 1.71 bits per heavy atom. The van der Waals surface area contributed by atoms with Crippen LogP contribution in [0.4, 0.5) is 0 Å². The number of aromatic nitrogens is 1. The molecule has 0 spiro atoms. The number of nitrogens with one attached hydrogen (secondary N) is 1. The zero-order chi connectivity index (χ0) is 14.7. The van der Waals surface area contributed by atoms with Crippen molar-refractivity contribution in [1.82, 2.24) is 15.2 Å². The molecule has 0 radical (unpaired) electrons. The van der Waals surface area contributed by atoms with Crippen LogP contribution in [0.2, 0.25) is 0 Å². The number of carbonyl (C=O) groups is 2. The minimum Gasteiger partial charge on any atom is -0.349 e. The highest BCUT2D eigenvalue weighted by Crippen LogP contribution is 2.19. The molecule has 0 bridgehead atoms. The molecular formula is C16H21N3O2. The van der Waals surface area contributed by atoms with E-state index in [1.807, 2.05) is 4.90 Å². The second-order valence-corrected chi connectivity index (χ2v) is 5.92. The van der Waals surface area contributed by atoms with Gasteiger partial charge in [0.1, 0.15) is 0 Å². The molecule has 2 amide bonds. The van der Waals surface area contributed by atoms with Gasteiger partial charge in [-0.15, -0.1) is 0 Å². The second kappa shape index (κ2) is 6.24. The van der Waals surface area contributed by atoms with Gasteiger partial charge in [-0.1, -0.05) is 12.8 Å². The van der Waals surface area contributed by atoms with Crippen LogP contribution in [0.25, 0.3) is 0 Å². The highest BCUT2D eigenvalue weighted by Gasteiger charge is 2.24. The van der Waals surface area contributed by atoms with Gasteiger partial charge in [0.25, 0.3) is 11.8 Å². The normalized spacial score (nSPS) is 19.0. The van der Waals surface area contributed by atoms with Crippen LogP contribution in [0.1, 0.15) is 59.2 Å². The standard InChI is InChI=1S/C16H21N3O2/c20-15(18-14-5-6-14)12-9-13(11-17-10-12)16(21)19-7-3-1-2-4-8-19/h9-11,14H,1-8H2,(H,18,20). The van der Waals surface area contributed by atoms with Crippen LogP contribution in [0.3, 0.4) is 0 Å². The van der Waals surface area contributed by atoms with Gasteiger partial charge in [-0.2, -0.15) is 0 Å². The molecule has 2 aliphatic rings. The van der Waals surface area contributed by atoms with Crippen LogP contribution in [-0.4, -0.2) is 40.8 Å². The van der Waals surface area contributed by atoms with Crippen molar-refractivity contribution in [2.45, 2.75) is 44.6 Å². The summed E-state index contributed by atoms with van der Waals surface area (Å²) in [6.45, 7) is 1.61. The van der Waals surface area contributed by atoms with E-state index in [-0.39, 0.29) is 11.8 Å². The van der Waals surface area contributed by atoms with E-state index in [1.165, 1.54) is 19.0 Å². The van der Waals surface area contributed by atoms with Crippen molar-refractivity contribution in [1.29, 1.82) is 0 Å². The molecule has 3 rings (SSSR count). The molecule has 1 N–H and O–H groups in total. The minimum absolute atomic E-state index is 0.00882. The number of pyridine rings is 1. The fourth-order valence-electron chi connectivity index (χ4n) is 2.63. The van der Waals surface area contributed by atoms with Gasteiger partial charge in [-0.3, -0.25) is 14.6 Å². The molecule has 1 aromatic rings. The van der Waals surface area contributed by atoms with Gasteiger partial charge in [0.05, 0.1) is 11.1 Å². The molecule has 1 saturated heterocycles. The maximum absolute atomic E-state index is 12.5. The first-order valence-corrected chi connectivity index (χ1v) is 7.79. The molecule has 2 heterocycles. The van der Waals surface area contributed by atoms with Gasteiger partial charge in [-0.25, -0.2) is 0 Å². The third-order valence-corrected chi connectivity index (χ3v) is 4.05. The van der Waals surface area contributed by atoms with E-state index < -0.39 is 0 Å². The van der Waals surface area contributed by atoms with Gasteiger partial charge < -0.3 is 10.2 Å². The summed E-state index contributed by atoms with van der Waals surface area (Å²) in [4.78, 5) is 30.5. The zero-order valence-electron chi connectivity index (χ0n) is 12.2. The van der Waals surface area contributed by atoms with E-state index in [4.69, 9.17) is 0 Å². The number of hydrogen-bond donors (Lipinski definition) is 1. The first-order chi connectivity index (χ1) is 10.2. The van der Waals surface area contributed by atoms with E-state index >= 15 is 0 Å². The minimum atomic E-state index is -0.129. The Bertz CT molecular complexity index is 532. The summed E-state index contributed by atoms with van der Waals surface area (Å²) in [5, 5.41) is 2.92. The quantitative estimate of drug-likeness (QED) is 0.924. The van der Waals surface area contributed by atoms with Crippen LogP contribution in [0, 0.1) is 0 Å². The van der Waals surface area contributed by atoms with E-state index in [9.17, 15) is 9.59 Å². The third-order valence-electron chi connectivity index (χ3n) is 4.05. The van der Waals surface area contributed by atoms with E-state index in [0.29, 0.717) is 17.2 Å². The molecule has 0 unspecified atom stereocenters. The molecule has 2 fully saturated rings. The maximum atomic E-state index is 12.5. The Labute approximate surface area is 124 Å². The summed E-state index contributed by atoms with van der Waals surface area (Å²) in [5.74, 6) is -0.138. The highest BCUT2D eigenvalue weighted by molar-refractivity contribution is 5.99. The summed E-state index contributed by atoms with van der Waals surface area (Å²) >= 11 is 0. The lowest BCUT2D eigenvalue weighted by Crippen LogP contribution is -2.32. The summed E-state index contributed by atoms with van der Waals surface area (Å²) < 4.78 is 0. The fraction of sp³-hybridized carbons (Fsp3) is 0.562. The van der Waals surface area contributed by atoms with E-state index in [2.05, 4.69) is 10.3 Å². The van der Waals surface area contributed by atoms with Crippen molar-refractivity contribution in [3.05, 3.63) is 29.6 Å². The monoisotopic (exact) mass is 287 g/mol. The molecule has 0 atom stereocenters. The van der Waals surface area contributed by atoms with Crippen LogP contribution < -0.4 is 5.32 Å². The van der Waals surface area contributed by atoms with Gasteiger partial charge in [-0.05, 0) is 31.7 Å². The number of carbonyl (C=O) groups excluding carboxylic acids is 2. The SMILES string of the molecule is O=C(NC1CC1)c1cncc(C(=O)N2CCCCCC2)c1. The van der Waals surface area contributed by atoms with Crippen molar-refractivity contribution in [2.75, 3.05) is 13.1 Å². The first kappa shape index (κ1) is 14.0. The maximum Gasteiger partial charge on any atom is 0.255 e. The Hall–Kier alpha value is -1.91. The molecule has 5 nitrogen and oxygen atoms in total. The predicted octanol–water partition coefficient (Wildman–Crippen LogP) is 1.99. The number of amides is 2. The van der Waals surface area contributed by atoms with Crippen LogP contribution in [-0.2, 0) is 0 Å². The Morgan fingerprint density at radius 1 is 1.05 bits per heavy atom. The lowest BCUT2D eigenvalue weighted by Gasteiger charge is -2.20. The van der Waals surface area contributed by atoms with Gasteiger partial charge in [0.15, 0.2) is 0 Å². The molecule has 112 valence electrons. The third kappa shape index (κ3) is 3.60. The van der Waals surface area contributed by atoms with Crippen molar-refractivity contribution in [3.8, 4) is 0 Å². The lowest BCUT2D eigenvalue weighted by molar-refractivity contribution is 0.0761. The molecule has 1 aliphatic carbocycles. The van der Waals surface area contributed by atoms with Crippen LogP contribution >= 0.6 is 0 Å². The molecule has 0 aromatic carbocycles. The van der Waals surface area contributed by atoms with Crippen molar-refractivity contribution >= 4 is 11.8 Å². The molecule has 1 saturated carbocycles. The Morgan fingerprint density at radius 3 is 2.38 bits per heavy atom. The van der Waals surface area contributed by atoms with Crippen LogP contribution in [0.5, 0.6) is 0 Å². The average molecular weight is 287 g/mol. The van der Waals surface area contributed by atoms with Gasteiger partial charge in [0, 0.05) is 31.5 Å². The zero-order valence-corrected chi connectivity index (χ0v) is 12.2. The number of rotatable bonds is 3. The molecular weight excluding hydrogens is 266 g/mol. The predicted molar refractivity (Wildman–Crippen MR) is 79.1 cm³/mol. The average Bonchev–Trinajstić information content (AvgIpc) is 3.33. The smallest absolute Gasteiger partial charge is 0.255 e. The Balaban J connectivity index is 1.71. The first-order valence-electron chi connectivity index (χ1n) is 7.79. The largest absolute Gasteiger partial charge is 0.349 e. The summed E-state index contributed by atoms with van der Waals surface area (Å²) in [7, 11) is 0. The van der Waals surface area contributed by atoms with E-state index in [0.717, 1.165) is 38.8 Å². The summed E-state index contributed by atoms with van der Waals surface area (Å²) in [6.07, 6.45) is 9.66. The van der Waals surface area contributed by atoms with E-state index in [1.54, 1.807) is 12.3 Å². The number of hydrogen-bond acceptors (Lipinski definition) is 3. The van der Waals surface area contributed by atoms with Crippen molar-refractivity contribution < 1.29 is 9.59 Å². The fourth-order valence-corrected chi connectivity index (χ4v) is 2.63. The molecule has 1 aromatic heterocycles. The number of likely N-dealkylation sites (tertiary alicyclic amines) is 1. The van der Waals surface area contributed by atoms with Crippen molar-refractivity contribution in [2.24, 2.45) is 0 Å². The molecule has 1 aliphatic heterocycles. The molecule has 5 heteroatoms. The molecule has 21 heavy (non-hydrogen) atoms. The summed E-state index contributed by atoms with van der Waals surface area (Å²) in [5.41, 5.74) is 0.989. The Kier molecular flexibility index (Phi) is 4.18. The van der Waals surface area contributed by atoms with Gasteiger partial charge in [0.2, 0.25) is 0 Å². The topological polar surface area (TPSA) is 62.3 Å². The lowest BCUT2D eigenvalue weighted by atomic mass is 10.1. The highest BCUT2D eigenvalue weighted by atomic mass is 16.2. The van der Waals surface area contributed by atoms with Crippen molar-refractivity contribution in [3.63, 3.8) is 0 Å². The van der Waals surface area contributed by atoms with Crippen LogP contribution in [0.15, 0.2) is 18.5 Å².